The number of hydrogen-bond donors (Lipinski definition) is 1. The van der Waals surface area contributed by atoms with Crippen LogP contribution in [-0.4, -0.2) is 4.98 Å². The maximum Gasteiger partial charge on any atom is 0.0654 e. The van der Waals surface area contributed by atoms with Crippen LogP contribution < -0.4 is 5.73 Å². The summed E-state index contributed by atoms with van der Waals surface area (Å²) in [4.78, 5) is 4.17. The fourth-order valence-corrected chi connectivity index (χ4v) is 2.22. The predicted molar refractivity (Wildman–Crippen MR) is 73.8 cm³/mol. The molecule has 0 spiro atoms. The van der Waals surface area contributed by atoms with Crippen LogP contribution in [0.15, 0.2) is 47.2 Å². The molecule has 1 heterocycles. The lowest BCUT2D eigenvalue weighted by Gasteiger charge is -2.27. The number of pyridine rings is 1. The standard InChI is InChI=1S/C14H15BrN2/c1-10-7-8-17-9-13(10)14(2,16)11-3-5-12(15)6-4-11/h3-9H,16H2,1-2H3. The summed E-state index contributed by atoms with van der Waals surface area (Å²) in [5.74, 6) is 0. The number of nitrogens with zero attached hydrogens (tertiary/aromatic N) is 1. The minimum absolute atomic E-state index is 0.515. The lowest BCUT2D eigenvalue weighted by atomic mass is 9.84. The first kappa shape index (κ1) is 12.3. The first-order valence-corrected chi connectivity index (χ1v) is 6.27. The van der Waals surface area contributed by atoms with E-state index < -0.39 is 5.54 Å². The fraction of sp³-hybridized carbons (Fsp3) is 0.214. The van der Waals surface area contributed by atoms with Crippen molar-refractivity contribution in [1.82, 2.24) is 4.98 Å². The zero-order valence-electron chi connectivity index (χ0n) is 9.94. The Morgan fingerprint density at radius 2 is 1.82 bits per heavy atom. The molecule has 0 radical (unpaired) electrons. The van der Waals surface area contributed by atoms with E-state index in [1.54, 1.807) is 6.20 Å². The summed E-state index contributed by atoms with van der Waals surface area (Å²) in [6, 6.07) is 10.1. The molecule has 2 rings (SSSR count). The maximum absolute atomic E-state index is 6.45. The topological polar surface area (TPSA) is 38.9 Å². The first-order chi connectivity index (χ1) is 8.01. The van der Waals surface area contributed by atoms with E-state index >= 15 is 0 Å². The zero-order valence-corrected chi connectivity index (χ0v) is 11.5. The minimum Gasteiger partial charge on any atom is -0.318 e. The van der Waals surface area contributed by atoms with Gasteiger partial charge in [0.15, 0.2) is 0 Å². The molecule has 2 N–H and O–H groups in total. The third-order valence-electron chi connectivity index (χ3n) is 3.04. The number of nitrogens with two attached hydrogens (primary N) is 1. The van der Waals surface area contributed by atoms with Crippen LogP contribution in [0.25, 0.3) is 0 Å². The molecule has 17 heavy (non-hydrogen) atoms. The molecule has 0 bridgehead atoms. The molecule has 1 aromatic heterocycles. The minimum atomic E-state index is -0.515. The molecule has 1 aromatic carbocycles. The predicted octanol–water partition coefficient (Wildman–Crippen LogP) is 3.37. The average Bonchev–Trinajstić information content (AvgIpc) is 2.30. The van der Waals surface area contributed by atoms with Gasteiger partial charge < -0.3 is 5.73 Å². The van der Waals surface area contributed by atoms with Crippen LogP contribution in [0.4, 0.5) is 0 Å². The highest BCUT2D eigenvalue weighted by atomic mass is 79.9. The maximum atomic E-state index is 6.45. The zero-order chi connectivity index (χ0) is 12.5. The summed E-state index contributed by atoms with van der Waals surface area (Å²) in [5.41, 5.74) is 9.24. The summed E-state index contributed by atoms with van der Waals surface area (Å²) in [5, 5.41) is 0. The molecule has 0 aliphatic carbocycles. The summed E-state index contributed by atoms with van der Waals surface area (Å²) in [6.45, 7) is 4.07. The van der Waals surface area contributed by atoms with E-state index in [2.05, 4.69) is 27.8 Å². The van der Waals surface area contributed by atoms with Crippen LogP contribution in [-0.2, 0) is 5.54 Å². The van der Waals surface area contributed by atoms with Gasteiger partial charge in [0.05, 0.1) is 5.54 Å². The molecule has 0 aliphatic rings. The summed E-state index contributed by atoms with van der Waals surface area (Å²) in [6.07, 6.45) is 3.63. The highest BCUT2D eigenvalue weighted by Gasteiger charge is 2.25. The van der Waals surface area contributed by atoms with E-state index in [0.29, 0.717) is 0 Å². The number of aromatic nitrogens is 1. The van der Waals surface area contributed by atoms with Crippen molar-refractivity contribution in [1.29, 1.82) is 0 Å². The Balaban J connectivity index is 2.49. The van der Waals surface area contributed by atoms with Gasteiger partial charge in [-0.1, -0.05) is 28.1 Å². The second kappa shape index (κ2) is 4.59. The van der Waals surface area contributed by atoms with E-state index in [1.807, 2.05) is 43.5 Å². The van der Waals surface area contributed by atoms with Crippen molar-refractivity contribution in [2.75, 3.05) is 0 Å². The smallest absolute Gasteiger partial charge is 0.0654 e. The lowest BCUT2D eigenvalue weighted by molar-refractivity contribution is 0.596. The highest BCUT2D eigenvalue weighted by Crippen LogP contribution is 2.28. The van der Waals surface area contributed by atoms with Crippen molar-refractivity contribution >= 4 is 15.9 Å². The number of hydrogen-bond acceptors (Lipinski definition) is 2. The van der Waals surface area contributed by atoms with Gasteiger partial charge in [0.1, 0.15) is 0 Å². The second-order valence-electron chi connectivity index (χ2n) is 4.40. The van der Waals surface area contributed by atoms with Crippen LogP contribution in [0, 0.1) is 6.92 Å². The van der Waals surface area contributed by atoms with Crippen molar-refractivity contribution in [2.24, 2.45) is 5.73 Å². The number of benzene rings is 1. The fourth-order valence-electron chi connectivity index (χ4n) is 1.96. The average molecular weight is 291 g/mol. The molecule has 0 fully saturated rings. The van der Waals surface area contributed by atoms with E-state index in [1.165, 1.54) is 0 Å². The van der Waals surface area contributed by atoms with Crippen molar-refractivity contribution in [3.05, 3.63) is 63.9 Å². The van der Waals surface area contributed by atoms with Gasteiger partial charge in [0, 0.05) is 16.9 Å². The van der Waals surface area contributed by atoms with Gasteiger partial charge in [-0.05, 0) is 48.7 Å². The third-order valence-corrected chi connectivity index (χ3v) is 3.57. The van der Waals surface area contributed by atoms with Gasteiger partial charge in [-0.15, -0.1) is 0 Å². The third kappa shape index (κ3) is 2.40. The lowest BCUT2D eigenvalue weighted by Crippen LogP contribution is -2.35. The largest absolute Gasteiger partial charge is 0.318 e. The van der Waals surface area contributed by atoms with Crippen molar-refractivity contribution < 1.29 is 0 Å². The van der Waals surface area contributed by atoms with E-state index in [4.69, 9.17) is 5.73 Å². The SMILES string of the molecule is Cc1ccncc1C(C)(N)c1ccc(Br)cc1. The molecule has 0 amide bonds. The molecule has 2 nitrogen and oxygen atoms in total. The molecule has 1 atom stereocenters. The van der Waals surface area contributed by atoms with Gasteiger partial charge in [-0.2, -0.15) is 0 Å². The Labute approximate surface area is 110 Å². The summed E-state index contributed by atoms with van der Waals surface area (Å²) >= 11 is 3.43. The number of rotatable bonds is 2. The number of halogens is 1. The van der Waals surface area contributed by atoms with Gasteiger partial charge in [0.2, 0.25) is 0 Å². The molecule has 0 saturated carbocycles. The Morgan fingerprint density at radius 1 is 1.18 bits per heavy atom. The van der Waals surface area contributed by atoms with Gasteiger partial charge >= 0.3 is 0 Å². The highest BCUT2D eigenvalue weighted by molar-refractivity contribution is 9.10. The second-order valence-corrected chi connectivity index (χ2v) is 5.32. The van der Waals surface area contributed by atoms with Crippen LogP contribution in [0.2, 0.25) is 0 Å². The number of aryl methyl sites for hydroxylation is 1. The van der Waals surface area contributed by atoms with Gasteiger partial charge in [-0.3, -0.25) is 4.98 Å². The molecule has 88 valence electrons. The molecule has 3 heteroatoms. The Kier molecular flexibility index (Phi) is 3.31. The molecule has 2 aromatic rings. The summed E-state index contributed by atoms with van der Waals surface area (Å²) in [7, 11) is 0. The van der Waals surface area contributed by atoms with E-state index in [0.717, 1.165) is 21.2 Å². The van der Waals surface area contributed by atoms with Crippen LogP contribution in [0.1, 0.15) is 23.6 Å². The summed E-state index contributed by atoms with van der Waals surface area (Å²) < 4.78 is 1.06. The van der Waals surface area contributed by atoms with Crippen molar-refractivity contribution in [3.8, 4) is 0 Å². The van der Waals surface area contributed by atoms with Gasteiger partial charge in [0.25, 0.3) is 0 Å². The van der Waals surface area contributed by atoms with Crippen molar-refractivity contribution in [2.45, 2.75) is 19.4 Å². The first-order valence-electron chi connectivity index (χ1n) is 5.48. The molecular formula is C14H15BrN2. The van der Waals surface area contributed by atoms with E-state index in [9.17, 15) is 0 Å². The Hall–Kier alpha value is -1.19. The Bertz CT molecular complexity index is 518. The van der Waals surface area contributed by atoms with Crippen LogP contribution in [0.3, 0.4) is 0 Å². The van der Waals surface area contributed by atoms with Crippen molar-refractivity contribution in [3.63, 3.8) is 0 Å². The molecule has 0 aliphatic heterocycles. The molecule has 1 unspecified atom stereocenters. The molecule has 0 saturated heterocycles. The monoisotopic (exact) mass is 290 g/mol. The van der Waals surface area contributed by atoms with E-state index in [-0.39, 0.29) is 0 Å². The van der Waals surface area contributed by atoms with Crippen LogP contribution in [0.5, 0.6) is 0 Å². The Morgan fingerprint density at radius 3 is 2.41 bits per heavy atom. The van der Waals surface area contributed by atoms with Crippen LogP contribution >= 0.6 is 15.9 Å². The quantitative estimate of drug-likeness (QED) is 0.921. The normalized spacial score (nSPS) is 14.4. The molecular weight excluding hydrogens is 276 g/mol. The van der Waals surface area contributed by atoms with Gasteiger partial charge in [-0.25, -0.2) is 0 Å².